The zero-order chi connectivity index (χ0) is 27.8. The van der Waals surface area contributed by atoms with Crippen LogP contribution in [0.1, 0.15) is 18.1 Å². The second kappa shape index (κ2) is 9.56. The van der Waals surface area contributed by atoms with Crippen molar-refractivity contribution in [2.45, 2.75) is 56.6 Å². The summed E-state index contributed by atoms with van der Waals surface area (Å²) in [6.07, 6.45) is -6.07. The Labute approximate surface area is 190 Å². The summed E-state index contributed by atoms with van der Waals surface area (Å²) in [5.74, 6) is -37.9. The molecule has 35 heavy (non-hydrogen) atoms. The Kier molecular flexibility index (Phi) is 8.36. The SMILES string of the molecule is CCN(C)/C=N/c1cc(C)c(OCC(F)(F)C(F)(F)C(F)(F)C(F)(F)C(F)(F)C(F)(F)F)cc1C. The van der Waals surface area contributed by atoms with Crippen LogP contribution in [-0.2, 0) is 0 Å². The maximum absolute atomic E-state index is 13.9. The van der Waals surface area contributed by atoms with Gasteiger partial charge in [-0.2, -0.15) is 57.1 Å². The van der Waals surface area contributed by atoms with Gasteiger partial charge in [0.1, 0.15) is 5.75 Å². The Morgan fingerprint density at radius 1 is 0.771 bits per heavy atom. The largest absolute Gasteiger partial charge is 0.487 e. The second-order valence-electron chi connectivity index (χ2n) is 7.51. The van der Waals surface area contributed by atoms with Crippen LogP contribution in [0.3, 0.4) is 0 Å². The van der Waals surface area contributed by atoms with Crippen LogP contribution in [0.4, 0.5) is 62.8 Å². The standard InChI is InChI=1S/C19H19F13N2O/c1-5-34(4)9-33-12-6-11(3)13(7-10(12)2)35-8-14(20,21)15(22,23)16(24,25)17(26,27)18(28,29)19(30,31)32/h6-7,9H,5,8H2,1-4H3/b33-9+. The molecule has 1 aromatic carbocycles. The Balaban J connectivity index is 3.27. The molecule has 3 nitrogen and oxygen atoms in total. The van der Waals surface area contributed by atoms with Gasteiger partial charge in [0, 0.05) is 13.6 Å². The lowest BCUT2D eigenvalue weighted by molar-refractivity contribution is -0.440. The van der Waals surface area contributed by atoms with Gasteiger partial charge in [-0.3, -0.25) is 0 Å². The number of hydrogen-bond donors (Lipinski definition) is 0. The summed E-state index contributed by atoms with van der Waals surface area (Å²) in [4.78, 5) is 5.70. The lowest BCUT2D eigenvalue weighted by Gasteiger charge is -2.39. The van der Waals surface area contributed by atoms with E-state index in [1.807, 2.05) is 0 Å². The minimum atomic E-state index is -7.94. The van der Waals surface area contributed by atoms with Gasteiger partial charge in [-0.25, -0.2) is 4.99 Å². The molecule has 1 aromatic rings. The number of aryl methyl sites for hydroxylation is 2. The van der Waals surface area contributed by atoms with Crippen LogP contribution < -0.4 is 4.74 Å². The minimum absolute atomic E-state index is 0.0540. The normalized spacial score (nSPS) is 14.5. The first-order valence-electron chi connectivity index (χ1n) is 9.42. The second-order valence-corrected chi connectivity index (χ2v) is 7.51. The van der Waals surface area contributed by atoms with Crippen LogP contribution in [-0.4, -0.2) is 67.2 Å². The molecule has 0 bridgehead atoms. The van der Waals surface area contributed by atoms with Crippen molar-refractivity contribution in [1.82, 2.24) is 4.90 Å². The van der Waals surface area contributed by atoms with E-state index in [4.69, 9.17) is 0 Å². The Morgan fingerprint density at radius 3 is 1.71 bits per heavy atom. The lowest BCUT2D eigenvalue weighted by Crippen LogP contribution is -2.70. The molecule has 0 atom stereocenters. The molecule has 0 saturated heterocycles. The highest BCUT2D eigenvalue weighted by Gasteiger charge is 2.90. The van der Waals surface area contributed by atoms with Gasteiger partial charge in [-0.1, -0.05) is 0 Å². The van der Waals surface area contributed by atoms with Crippen LogP contribution in [0.25, 0.3) is 0 Å². The van der Waals surface area contributed by atoms with Gasteiger partial charge < -0.3 is 9.64 Å². The number of aliphatic imine (C=N–C) groups is 1. The molecule has 0 radical (unpaired) electrons. The maximum Gasteiger partial charge on any atom is 0.460 e. The molecule has 0 aromatic heterocycles. The molecule has 0 aliphatic heterocycles. The Bertz CT molecular complexity index is 926. The topological polar surface area (TPSA) is 24.8 Å². The van der Waals surface area contributed by atoms with Crippen molar-refractivity contribution in [3.8, 4) is 5.75 Å². The molecular formula is C19H19F13N2O. The monoisotopic (exact) mass is 538 g/mol. The molecule has 0 unspecified atom stereocenters. The number of halogens is 13. The van der Waals surface area contributed by atoms with Crippen LogP contribution in [0.5, 0.6) is 5.75 Å². The summed E-state index contributed by atoms with van der Waals surface area (Å²) in [5, 5.41) is 0. The van der Waals surface area contributed by atoms with Crippen molar-refractivity contribution < 1.29 is 61.8 Å². The lowest BCUT2D eigenvalue weighted by atomic mass is 9.94. The fraction of sp³-hybridized carbons (Fsp3) is 0.632. The van der Waals surface area contributed by atoms with Gasteiger partial charge in [-0.05, 0) is 44.0 Å². The number of hydrogen-bond acceptors (Lipinski definition) is 2. The number of rotatable bonds is 10. The molecule has 0 fully saturated rings. The fourth-order valence-corrected chi connectivity index (χ4v) is 2.37. The zero-order valence-corrected chi connectivity index (χ0v) is 18.4. The fourth-order valence-electron chi connectivity index (χ4n) is 2.37. The first-order chi connectivity index (χ1) is 15.5. The maximum atomic E-state index is 13.9. The van der Waals surface area contributed by atoms with Gasteiger partial charge in [0.05, 0.1) is 12.0 Å². The predicted octanol–water partition coefficient (Wildman–Crippen LogP) is 7.03. The number of alkyl halides is 13. The average molecular weight is 538 g/mol. The number of nitrogens with zero attached hydrogens (tertiary/aromatic N) is 2. The van der Waals surface area contributed by atoms with Gasteiger partial charge in [-0.15, -0.1) is 0 Å². The molecular weight excluding hydrogens is 519 g/mol. The van der Waals surface area contributed by atoms with E-state index in [1.54, 1.807) is 18.9 Å². The summed E-state index contributed by atoms with van der Waals surface area (Å²) in [6.45, 7) is 2.15. The quantitative estimate of drug-likeness (QED) is 0.182. The van der Waals surface area contributed by atoms with Crippen LogP contribution in [0.2, 0.25) is 0 Å². The van der Waals surface area contributed by atoms with Crippen molar-refractivity contribution in [1.29, 1.82) is 0 Å². The van der Waals surface area contributed by atoms with Gasteiger partial charge >= 0.3 is 35.8 Å². The molecule has 0 amide bonds. The van der Waals surface area contributed by atoms with E-state index in [0.717, 1.165) is 6.07 Å². The van der Waals surface area contributed by atoms with Gasteiger partial charge in [0.2, 0.25) is 0 Å². The molecule has 0 heterocycles. The van der Waals surface area contributed by atoms with Crippen molar-refractivity contribution in [2.75, 3.05) is 20.2 Å². The van der Waals surface area contributed by atoms with Crippen molar-refractivity contribution in [2.24, 2.45) is 4.99 Å². The molecule has 0 saturated carbocycles. The van der Waals surface area contributed by atoms with Gasteiger partial charge in [0.15, 0.2) is 6.61 Å². The minimum Gasteiger partial charge on any atom is -0.487 e. The summed E-state index contributed by atoms with van der Waals surface area (Å²) in [5.41, 5.74) is 0.414. The molecule has 0 spiro atoms. The molecule has 0 aliphatic rings. The van der Waals surface area contributed by atoms with E-state index in [1.165, 1.54) is 26.3 Å². The van der Waals surface area contributed by atoms with Crippen LogP contribution in [0.15, 0.2) is 17.1 Å². The highest BCUT2D eigenvalue weighted by Crippen LogP contribution is 2.60. The third kappa shape index (κ3) is 5.39. The third-order valence-corrected chi connectivity index (χ3v) is 4.79. The van der Waals surface area contributed by atoms with Crippen LogP contribution >= 0.6 is 0 Å². The summed E-state index contributed by atoms with van der Waals surface area (Å²) in [6, 6.07) is 2.18. The summed E-state index contributed by atoms with van der Waals surface area (Å²) >= 11 is 0. The molecule has 1 rings (SSSR count). The zero-order valence-electron chi connectivity index (χ0n) is 18.4. The summed E-state index contributed by atoms with van der Waals surface area (Å²) in [7, 11) is 1.66. The Morgan fingerprint density at radius 2 is 1.26 bits per heavy atom. The molecule has 16 heteroatoms. The number of ether oxygens (including phenoxy) is 1. The molecule has 202 valence electrons. The third-order valence-electron chi connectivity index (χ3n) is 4.79. The van der Waals surface area contributed by atoms with E-state index in [2.05, 4.69) is 9.73 Å². The van der Waals surface area contributed by atoms with Crippen molar-refractivity contribution in [3.63, 3.8) is 0 Å². The average Bonchev–Trinajstić information content (AvgIpc) is 2.71. The van der Waals surface area contributed by atoms with E-state index in [9.17, 15) is 57.1 Å². The molecule has 0 N–H and O–H groups in total. The first kappa shape index (κ1) is 30.6. The van der Waals surface area contributed by atoms with E-state index >= 15 is 0 Å². The molecule has 0 aliphatic carbocycles. The summed E-state index contributed by atoms with van der Waals surface area (Å²) < 4.78 is 175. The number of benzene rings is 1. The first-order valence-corrected chi connectivity index (χ1v) is 9.42. The predicted molar refractivity (Wildman–Crippen MR) is 98.7 cm³/mol. The van der Waals surface area contributed by atoms with E-state index < -0.39 is 48.1 Å². The smallest absolute Gasteiger partial charge is 0.460 e. The highest BCUT2D eigenvalue weighted by atomic mass is 19.4. The van der Waals surface area contributed by atoms with Crippen molar-refractivity contribution in [3.05, 3.63) is 23.3 Å². The van der Waals surface area contributed by atoms with E-state index in [-0.39, 0.29) is 16.8 Å². The van der Waals surface area contributed by atoms with Gasteiger partial charge in [0.25, 0.3) is 0 Å². The Hall–Kier alpha value is -2.42. The highest BCUT2D eigenvalue weighted by molar-refractivity contribution is 5.64. The van der Waals surface area contributed by atoms with E-state index in [0.29, 0.717) is 6.54 Å². The van der Waals surface area contributed by atoms with Crippen LogP contribution in [0, 0.1) is 13.8 Å². The van der Waals surface area contributed by atoms with Crippen molar-refractivity contribution >= 4 is 12.0 Å².